The molecule has 0 saturated heterocycles. The Kier molecular flexibility index (Phi) is 3.58. The van der Waals surface area contributed by atoms with Crippen LogP contribution in [0.2, 0.25) is 10.0 Å². The standard InChI is InChI=1S/C13H10Cl2N2O2S/c14-6-3-7(15)5-8(4-6)16-13-17-11-9(12(18)19)1-2-10(11)20-13/h3-5,9H,1-2H2,(H,16,17)(H,18,19). The SMILES string of the molecule is O=C(O)C1CCc2sc(Nc3cc(Cl)cc(Cl)c3)nc21. The van der Waals surface area contributed by atoms with E-state index < -0.39 is 11.9 Å². The number of halogens is 2. The van der Waals surface area contributed by atoms with Crippen LogP contribution in [-0.2, 0) is 11.2 Å². The van der Waals surface area contributed by atoms with Crippen molar-refractivity contribution in [3.8, 4) is 0 Å². The molecule has 1 unspecified atom stereocenters. The Hall–Kier alpha value is -1.30. The lowest BCUT2D eigenvalue weighted by Gasteiger charge is -2.05. The summed E-state index contributed by atoms with van der Waals surface area (Å²) in [5.41, 5.74) is 1.42. The molecule has 3 rings (SSSR count). The predicted molar refractivity (Wildman–Crippen MR) is 80.6 cm³/mol. The summed E-state index contributed by atoms with van der Waals surface area (Å²) < 4.78 is 0. The number of aliphatic carboxylic acids is 1. The third-order valence-corrected chi connectivity index (χ3v) is 4.61. The lowest BCUT2D eigenvalue weighted by molar-refractivity contribution is -0.138. The number of thiazole rings is 1. The summed E-state index contributed by atoms with van der Waals surface area (Å²) in [5, 5.41) is 14.0. The maximum absolute atomic E-state index is 11.1. The van der Waals surface area contributed by atoms with Gasteiger partial charge in [-0.2, -0.15) is 0 Å². The summed E-state index contributed by atoms with van der Waals surface area (Å²) in [4.78, 5) is 16.6. The van der Waals surface area contributed by atoms with Crippen LogP contribution in [0.1, 0.15) is 22.9 Å². The van der Waals surface area contributed by atoms with Gasteiger partial charge in [0.05, 0.1) is 5.69 Å². The molecular weight excluding hydrogens is 319 g/mol. The monoisotopic (exact) mass is 328 g/mol. The second-order valence-electron chi connectivity index (χ2n) is 4.54. The Balaban J connectivity index is 1.86. The molecule has 1 atom stereocenters. The molecule has 1 aliphatic carbocycles. The van der Waals surface area contributed by atoms with Crippen molar-refractivity contribution in [2.75, 3.05) is 5.32 Å². The van der Waals surface area contributed by atoms with Crippen LogP contribution in [0.5, 0.6) is 0 Å². The minimum Gasteiger partial charge on any atom is -0.481 e. The van der Waals surface area contributed by atoms with E-state index in [4.69, 9.17) is 28.3 Å². The normalized spacial score (nSPS) is 17.0. The van der Waals surface area contributed by atoms with E-state index in [0.717, 1.165) is 17.0 Å². The molecule has 20 heavy (non-hydrogen) atoms. The van der Waals surface area contributed by atoms with Crippen LogP contribution in [0.4, 0.5) is 10.8 Å². The zero-order valence-corrected chi connectivity index (χ0v) is 12.5. The first-order valence-corrected chi connectivity index (χ1v) is 7.55. The summed E-state index contributed by atoms with van der Waals surface area (Å²) >= 11 is 13.4. The first-order valence-electron chi connectivity index (χ1n) is 5.98. The molecule has 0 radical (unpaired) electrons. The number of fused-ring (bicyclic) bond motifs is 1. The van der Waals surface area contributed by atoms with E-state index in [1.165, 1.54) is 11.3 Å². The average Bonchev–Trinajstić information content (AvgIpc) is 2.85. The van der Waals surface area contributed by atoms with Crippen LogP contribution < -0.4 is 5.32 Å². The Morgan fingerprint density at radius 3 is 2.70 bits per heavy atom. The van der Waals surface area contributed by atoms with Gasteiger partial charge in [0.2, 0.25) is 0 Å². The number of carbonyl (C=O) groups is 1. The summed E-state index contributed by atoms with van der Waals surface area (Å²) in [6.07, 6.45) is 1.40. The minimum absolute atomic E-state index is 0.486. The van der Waals surface area contributed by atoms with Gasteiger partial charge in [-0.15, -0.1) is 11.3 Å². The number of aryl methyl sites for hydroxylation is 1. The van der Waals surface area contributed by atoms with Gasteiger partial charge in [0, 0.05) is 20.6 Å². The lowest BCUT2D eigenvalue weighted by atomic mass is 10.1. The first-order chi connectivity index (χ1) is 9.52. The fourth-order valence-electron chi connectivity index (χ4n) is 2.27. The van der Waals surface area contributed by atoms with Gasteiger partial charge in [-0.25, -0.2) is 4.98 Å². The average molecular weight is 329 g/mol. The fraction of sp³-hybridized carbons (Fsp3) is 0.231. The van der Waals surface area contributed by atoms with Crippen LogP contribution in [0.25, 0.3) is 0 Å². The fourth-order valence-corrected chi connectivity index (χ4v) is 3.86. The number of carboxylic acids is 1. The van der Waals surface area contributed by atoms with Gasteiger partial charge in [0.1, 0.15) is 5.92 Å². The van der Waals surface area contributed by atoms with Gasteiger partial charge in [0.25, 0.3) is 0 Å². The minimum atomic E-state index is -0.814. The second kappa shape index (κ2) is 5.24. The molecule has 104 valence electrons. The highest BCUT2D eigenvalue weighted by molar-refractivity contribution is 7.15. The third-order valence-electron chi connectivity index (χ3n) is 3.13. The molecular formula is C13H10Cl2N2O2S. The second-order valence-corrected chi connectivity index (χ2v) is 6.50. The summed E-state index contributed by atoms with van der Waals surface area (Å²) in [6.45, 7) is 0. The third kappa shape index (κ3) is 2.61. The molecule has 1 aromatic carbocycles. The number of benzene rings is 1. The zero-order valence-electron chi connectivity index (χ0n) is 10.2. The topological polar surface area (TPSA) is 62.2 Å². The molecule has 2 aromatic rings. The molecule has 0 bridgehead atoms. The van der Waals surface area contributed by atoms with E-state index in [1.807, 2.05) is 0 Å². The van der Waals surface area contributed by atoms with E-state index >= 15 is 0 Å². The van der Waals surface area contributed by atoms with Gasteiger partial charge in [-0.05, 0) is 31.0 Å². The van der Waals surface area contributed by atoms with Crippen molar-refractivity contribution in [1.82, 2.24) is 4.98 Å². The number of hydrogen-bond acceptors (Lipinski definition) is 4. The van der Waals surface area contributed by atoms with E-state index in [9.17, 15) is 4.79 Å². The van der Waals surface area contributed by atoms with Crippen molar-refractivity contribution in [2.24, 2.45) is 0 Å². The Morgan fingerprint density at radius 2 is 2.05 bits per heavy atom. The molecule has 1 aromatic heterocycles. The lowest BCUT2D eigenvalue weighted by Crippen LogP contribution is -2.08. The zero-order chi connectivity index (χ0) is 14.3. The highest BCUT2D eigenvalue weighted by atomic mass is 35.5. The molecule has 1 heterocycles. The molecule has 0 amide bonds. The Bertz CT molecular complexity index is 667. The quantitative estimate of drug-likeness (QED) is 0.881. The number of aromatic nitrogens is 1. The summed E-state index contributed by atoms with van der Waals surface area (Å²) in [5.74, 6) is -1.30. The molecule has 0 spiro atoms. The first kappa shape index (κ1) is 13.7. The van der Waals surface area contributed by atoms with Crippen molar-refractivity contribution >= 4 is 51.3 Å². The highest BCUT2D eigenvalue weighted by Gasteiger charge is 2.32. The van der Waals surface area contributed by atoms with E-state index in [2.05, 4.69) is 10.3 Å². The van der Waals surface area contributed by atoms with Gasteiger partial charge >= 0.3 is 5.97 Å². The van der Waals surface area contributed by atoms with Crippen LogP contribution in [-0.4, -0.2) is 16.1 Å². The van der Waals surface area contributed by atoms with Crippen LogP contribution >= 0.6 is 34.5 Å². The van der Waals surface area contributed by atoms with Crippen LogP contribution in [0, 0.1) is 0 Å². The number of carboxylic acid groups (broad SMARTS) is 1. The van der Waals surface area contributed by atoms with E-state index in [0.29, 0.717) is 27.3 Å². The Labute approximate surface area is 129 Å². The summed E-state index contributed by atoms with van der Waals surface area (Å²) in [7, 11) is 0. The summed E-state index contributed by atoms with van der Waals surface area (Å²) in [6, 6.07) is 5.14. The smallest absolute Gasteiger partial charge is 0.312 e. The Morgan fingerprint density at radius 1 is 1.35 bits per heavy atom. The van der Waals surface area contributed by atoms with Gasteiger partial charge in [0.15, 0.2) is 5.13 Å². The highest BCUT2D eigenvalue weighted by Crippen LogP contribution is 2.39. The van der Waals surface area contributed by atoms with Crippen molar-refractivity contribution < 1.29 is 9.90 Å². The molecule has 7 heteroatoms. The maximum atomic E-state index is 11.1. The van der Waals surface area contributed by atoms with Crippen molar-refractivity contribution in [2.45, 2.75) is 18.8 Å². The number of nitrogens with one attached hydrogen (secondary N) is 1. The van der Waals surface area contributed by atoms with E-state index in [-0.39, 0.29) is 0 Å². The molecule has 0 saturated carbocycles. The van der Waals surface area contributed by atoms with Crippen molar-refractivity contribution in [3.05, 3.63) is 38.8 Å². The van der Waals surface area contributed by atoms with Crippen LogP contribution in [0.15, 0.2) is 18.2 Å². The number of rotatable bonds is 3. The molecule has 1 aliphatic rings. The van der Waals surface area contributed by atoms with Gasteiger partial charge in [-0.1, -0.05) is 23.2 Å². The maximum Gasteiger partial charge on any atom is 0.312 e. The van der Waals surface area contributed by atoms with Crippen molar-refractivity contribution in [1.29, 1.82) is 0 Å². The van der Waals surface area contributed by atoms with Gasteiger partial charge < -0.3 is 10.4 Å². The molecule has 0 fully saturated rings. The number of nitrogens with zero attached hydrogens (tertiary/aromatic N) is 1. The van der Waals surface area contributed by atoms with Crippen LogP contribution in [0.3, 0.4) is 0 Å². The molecule has 4 nitrogen and oxygen atoms in total. The predicted octanol–water partition coefficient (Wildman–Crippen LogP) is 4.31. The molecule has 2 N–H and O–H groups in total. The number of anilines is 2. The largest absolute Gasteiger partial charge is 0.481 e. The number of hydrogen-bond donors (Lipinski definition) is 2. The molecule has 0 aliphatic heterocycles. The van der Waals surface area contributed by atoms with Gasteiger partial charge in [-0.3, -0.25) is 4.79 Å². The van der Waals surface area contributed by atoms with Crippen molar-refractivity contribution in [3.63, 3.8) is 0 Å². The van der Waals surface area contributed by atoms with E-state index in [1.54, 1.807) is 18.2 Å².